The maximum absolute atomic E-state index is 13.7. The van der Waals surface area contributed by atoms with Crippen LogP contribution in [0.5, 0.6) is 5.75 Å². The second-order valence-electron chi connectivity index (χ2n) is 11.3. The molecule has 1 N–H and O–H groups in total. The minimum atomic E-state index is -0.157. The lowest BCUT2D eigenvalue weighted by atomic mass is 9.72. The lowest BCUT2D eigenvalue weighted by molar-refractivity contribution is 0.102. The molecule has 0 saturated carbocycles. The first kappa shape index (κ1) is 29.7. The van der Waals surface area contributed by atoms with Crippen LogP contribution in [-0.2, 0) is 19.4 Å². The predicted molar refractivity (Wildman–Crippen MR) is 173 cm³/mol. The molecule has 1 aromatic heterocycles. The van der Waals surface area contributed by atoms with E-state index < -0.39 is 0 Å². The summed E-state index contributed by atoms with van der Waals surface area (Å²) in [6.07, 6.45) is 4.63. The van der Waals surface area contributed by atoms with Gasteiger partial charge < -0.3 is 10.1 Å². The molecule has 0 spiro atoms. The quantitative estimate of drug-likeness (QED) is 0.208. The highest BCUT2D eigenvalue weighted by atomic mass is 35.5. The largest absolute Gasteiger partial charge is 0.488 e. The van der Waals surface area contributed by atoms with Crippen molar-refractivity contribution in [1.29, 1.82) is 0 Å². The first-order valence-corrected chi connectivity index (χ1v) is 15.4. The zero-order valence-corrected chi connectivity index (χ0v) is 26.2. The van der Waals surface area contributed by atoms with Crippen LogP contribution in [0.3, 0.4) is 0 Å². The number of aliphatic imine (C=N–C) groups is 1. The zero-order chi connectivity index (χ0) is 29.1. The fourth-order valence-electron chi connectivity index (χ4n) is 5.00. The van der Waals surface area contributed by atoms with Crippen LogP contribution in [0.1, 0.15) is 59.1 Å². The van der Waals surface area contributed by atoms with E-state index in [1.54, 1.807) is 53.9 Å². The highest BCUT2D eigenvalue weighted by molar-refractivity contribution is 7.16. The Hall–Kier alpha value is -2.83. The predicted octanol–water partition coefficient (Wildman–Crippen LogP) is 10.4. The number of thiophene rings is 1. The van der Waals surface area contributed by atoms with Crippen LogP contribution in [0, 0.1) is 11.3 Å². The molecule has 1 aliphatic carbocycles. The Balaban J connectivity index is 1.44. The first-order chi connectivity index (χ1) is 19.6. The van der Waals surface area contributed by atoms with Gasteiger partial charge in [-0.25, -0.2) is 4.99 Å². The number of anilines is 1. The molecule has 4 nitrogen and oxygen atoms in total. The summed E-state index contributed by atoms with van der Waals surface area (Å²) in [6.45, 7) is 7.20. The Bertz CT molecular complexity index is 1590. The third-order valence-corrected chi connectivity index (χ3v) is 9.57. The molecule has 0 saturated heterocycles. The summed E-state index contributed by atoms with van der Waals surface area (Å²) in [7, 11) is 0. The fraction of sp³-hybridized carbons (Fsp3) is 0.273. The third kappa shape index (κ3) is 7.15. The molecule has 212 valence electrons. The number of benzene rings is 3. The standard InChI is InChI=1S/C33H31Cl3N2O2S/c1-33(2,3)22-9-14-25-29(17-22)41-32(30(25)31(39)38-24-12-10-23(34)11-13-24)37-18-21-6-4-5-7-28(21)40-19-20-8-15-26(35)27(36)16-20/h4-8,10-13,15-16,18,22H,9,14,17,19H2,1-3H3,(H,38,39)/t22-/m0/s1. The van der Waals surface area contributed by atoms with Crippen LogP contribution in [-0.4, -0.2) is 12.1 Å². The number of amides is 1. The van der Waals surface area contributed by atoms with Crippen molar-refractivity contribution in [2.45, 2.75) is 46.6 Å². The van der Waals surface area contributed by atoms with Crippen molar-refractivity contribution in [1.82, 2.24) is 0 Å². The summed E-state index contributed by atoms with van der Waals surface area (Å²) >= 11 is 19.9. The molecule has 0 bridgehead atoms. The number of nitrogens with zero attached hydrogens (tertiary/aromatic N) is 1. The lowest BCUT2D eigenvalue weighted by Crippen LogP contribution is -2.27. The summed E-state index contributed by atoms with van der Waals surface area (Å²) in [6, 6.07) is 20.3. The number of ether oxygens (including phenoxy) is 1. The summed E-state index contributed by atoms with van der Waals surface area (Å²) in [4.78, 5) is 19.8. The van der Waals surface area contributed by atoms with E-state index in [4.69, 9.17) is 44.5 Å². The number of carbonyl (C=O) groups excluding carboxylic acids is 1. The molecule has 1 heterocycles. The Morgan fingerprint density at radius 2 is 1.80 bits per heavy atom. The topological polar surface area (TPSA) is 50.7 Å². The van der Waals surface area contributed by atoms with E-state index in [9.17, 15) is 4.79 Å². The van der Waals surface area contributed by atoms with Gasteiger partial charge in [-0.1, -0.05) is 73.8 Å². The SMILES string of the molecule is CC(C)(C)[C@H]1CCc2c(sc(N=Cc3ccccc3OCc3ccc(Cl)c(Cl)c3)c2C(=O)Nc2ccc(Cl)cc2)C1. The van der Waals surface area contributed by atoms with Gasteiger partial charge in [-0.2, -0.15) is 0 Å². The van der Waals surface area contributed by atoms with E-state index in [1.807, 2.05) is 30.3 Å². The average molecular weight is 626 g/mol. The van der Waals surface area contributed by atoms with Gasteiger partial charge >= 0.3 is 0 Å². The smallest absolute Gasteiger partial charge is 0.259 e. The molecule has 41 heavy (non-hydrogen) atoms. The summed E-state index contributed by atoms with van der Waals surface area (Å²) in [5.41, 5.74) is 4.37. The van der Waals surface area contributed by atoms with Gasteiger partial charge in [-0.3, -0.25) is 4.79 Å². The van der Waals surface area contributed by atoms with Crippen LogP contribution in [0.2, 0.25) is 15.1 Å². The van der Waals surface area contributed by atoms with Crippen LogP contribution >= 0.6 is 46.1 Å². The summed E-state index contributed by atoms with van der Waals surface area (Å²) in [5.74, 6) is 1.08. The number of halogens is 3. The van der Waals surface area contributed by atoms with E-state index in [0.717, 1.165) is 36.0 Å². The highest BCUT2D eigenvalue weighted by Gasteiger charge is 2.33. The highest BCUT2D eigenvalue weighted by Crippen LogP contribution is 2.45. The van der Waals surface area contributed by atoms with Gasteiger partial charge in [-0.15, -0.1) is 11.3 Å². The van der Waals surface area contributed by atoms with E-state index in [2.05, 4.69) is 26.1 Å². The van der Waals surface area contributed by atoms with Gasteiger partial charge in [0.15, 0.2) is 0 Å². The van der Waals surface area contributed by atoms with Crippen molar-refractivity contribution >= 4 is 68.9 Å². The van der Waals surface area contributed by atoms with Gasteiger partial charge in [-0.05, 0) is 90.3 Å². The number of rotatable bonds is 7. The maximum atomic E-state index is 13.7. The molecule has 0 unspecified atom stereocenters. The molecule has 0 aliphatic heterocycles. The second kappa shape index (κ2) is 12.6. The molecule has 0 radical (unpaired) electrons. The minimum Gasteiger partial charge on any atom is -0.488 e. The Labute approximate surface area is 260 Å². The van der Waals surface area contributed by atoms with E-state index in [-0.39, 0.29) is 11.3 Å². The zero-order valence-electron chi connectivity index (χ0n) is 23.1. The molecular formula is C33H31Cl3N2O2S. The maximum Gasteiger partial charge on any atom is 0.259 e. The number of hydrogen-bond donors (Lipinski definition) is 1. The van der Waals surface area contributed by atoms with E-state index in [1.165, 1.54) is 4.88 Å². The number of nitrogens with one attached hydrogen (secondary N) is 1. The fourth-order valence-corrected chi connectivity index (χ4v) is 6.72. The van der Waals surface area contributed by atoms with Crippen LogP contribution in [0.25, 0.3) is 0 Å². The van der Waals surface area contributed by atoms with Gasteiger partial charge in [0, 0.05) is 27.4 Å². The van der Waals surface area contributed by atoms with Crippen LogP contribution < -0.4 is 10.1 Å². The van der Waals surface area contributed by atoms with E-state index >= 15 is 0 Å². The number of fused-ring (bicyclic) bond motifs is 1. The Kier molecular flexibility index (Phi) is 9.10. The van der Waals surface area contributed by atoms with Crippen LogP contribution in [0.15, 0.2) is 71.7 Å². The molecule has 0 fully saturated rings. The Morgan fingerprint density at radius 3 is 2.54 bits per heavy atom. The molecule has 8 heteroatoms. The lowest BCUT2D eigenvalue weighted by Gasteiger charge is -2.33. The molecule has 3 aromatic carbocycles. The van der Waals surface area contributed by atoms with Crippen molar-refractivity contribution in [3.05, 3.63) is 109 Å². The third-order valence-electron chi connectivity index (χ3n) is 7.42. The summed E-state index contributed by atoms with van der Waals surface area (Å²) < 4.78 is 6.13. The van der Waals surface area contributed by atoms with Crippen molar-refractivity contribution in [3.8, 4) is 5.75 Å². The molecule has 1 atom stereocenters. The molecular weight excluding hydrogens is 595 g/mol. The van der Waals surface area contributed by atoms with Gasteiger partial charge in [0.1, 0.15) is 17.4 Å². The Morgan fingerprint density at radius 1 is 1.05 bits per heavy atom. The molecule has 1 aliphatic rings. The number of carbonyl (C=O) groups is 1. The average Bonchev–Trinajstić information content (AvgIpc) is 3.31. The number of hydrogen-bond acceptors (Lipinski definition) is 4. The molecule has 4 aromatic rings. The number of para-hydroxylation sites is 1. The van der Waals surface area contributed by atoms with Crippen molar-refractivity contribution in [2.24, 2.45) is 16.3 Å². The van der Waals surface area contributed by atoms with Crippen molar-refractivity contribution in [2.75, 3.05) is 5.32 Å². The second-order valence-corrected chi connectivity index (χ2v) is 13.6. The van der Waals surface area contributed by atoms with Gasteiger partial charge in [0.25, 0.3) is 5.91 Å². The van der Waals surface area contributed by atoms with Crippen LogP contribution in [0.4, 0.5) is 10.7 Å². The van der Waals surface area contributed by atoms with E-state index in [0.29, 0.717) is 49.6 Å². The summed E-state index contributed by atoms with van der Waals surface area (Å²) in [5, 5.41) is 5.37. The minimum absolute atomic E-state index is 0.157. The first-order valence-electron chi connectivity index (χ1n) is 13.5. The van der Waals surface area contributed by atoms with Gasteiger partial charge in [0.05, 0.1) is 15.6 Å². The molecule has 5 rings (SSSR count). The monoisotopic (exact) mass is 624 g/mol. The van der Waals surface area contributed by atoms with Crippen molar-refractivity contribution < 1.29 is 9.53 Å². The normalized spacial score (nSPS) is 15.1. The van der Waals surface area contributed by atoms with Gasteiger partial charge in [0.2, 0.25) is 0 Å². The molecule has 1 amide bonds. The van der Waals surface area contributed by atoms with Crippen molar-refractivity contribution in [3.63, 3.8) is 0 Å².